The van der Waals surface area contributed by atoms with E-state index < -0.39 is 0 Å². The van der Waals surface area contributed by atoms with Crippen LogP contribution in [0.3, 0.4) is 0 Å². The van der Waals surface area contributed by atoms with Gasteiger partial charge in [-0.25, -0.2) is 4.79 Å². The average Bonchev–Trinajstić information content (AvgIpc) is 3.01. The standard InChI is InChI=1S/C15H20N4O3/c1-3-9-16-15(20)17-10-13-18-14(19-22-13)11-5-7-12(8-6-11)21-4-2/h5-8H,3-4,9-10H2,1-2H3,(H2,16,17,20). The molecular weight excluding hydrogens is 284 g/mol. The van der Waals surface area contributed by atoms with Crippen LogP contribution in [-0.4, -0.2) is 29.3 Å². The summed E-state index contributed by atoms with van der Waals surface area (Å²) < 4.78 is 10.5. The summed E-state index contributed by atoms with van der Waals surface area (Å²) in [5.74, 6) is 1.63. The van der Waals surface area contributed by atoms with Gasteiger partial charge in [0.05, 0.1) is 13.2 Å². The second-order valence-corrected chi connectivity index (χ2v) is 4.58. The molecule has 0 aliphatic heterocycles. The van der Waals surface area contributed by atoms with Crippen LogP contribution in [0.4, 0.5) is 4.79 Å². The van der Waals surface area contributed by atoms with E-state index in [2.05, 4.69) is 20.8 Å². The van der Waals surface area contributed by atoms with E-state index in [-0.39, 0.29) is 12.6 Å². The molecule has 1 heterocycles. The van der Waals surface area contributed by atoms with E-state index in [1.165, 1.54) is 0 Å². The molecule has 0 bridgehead atoms. The van der Waals surface area contributed by atoms with E-state index in [1.54, 1.807) is 0 Å². The second kappa shape index (κ2) is 8.02. The molecule has 2 amide bonds. The number of ether oxygens (including phenoxy) is 1. The molecule has 7 nitrogen and oxygen atoms in total. The van der Waals surface area contributed by atoms with E-state index >= 15 is 0 Å². The maximum atomic E-state index is 11.4. The maximum absolute atomic E-state index is 11.4. The van der Waals surface area contributed by atoms with Crippen molar-refractivity contribution in [3.05, 3.63) is 30.2 Å². The van der Waals surface area contributed by atoms with Crippen molar-refractivity contribution >= 4 is 6.03 Å². The Labute approximate surface area is 129 Å². The Balaban J connectivity index is 1.91. The molecule has 7 heteroatoms. The van der Waals surface area contributed by atoms with E-state index in [0.29, 0.717) is 24.9 Å². The number of nitrogens with zero attached hydrogens (tertiary/aromatic N) is 2. The molecule has 0 unspecified atom stereocenters. The number of hydrogen-bond acceptors (Lipinski definition) is 5. The Morgan fingerprint density at radius 1 is 1.23 bits per heavy atom. The quantitative estimate of drug-likeness (QED) is 0.819. The first kappa shape index (κ1) is 15.8. The minimum atomic E-state index is -0.248. The minimum absolute atomic E-state index is 0.194. The summed E-state index contributed by atoms with van der Waals surface area (Å²) in [6.07, 6.45) is 0.885. The van der Waals surface area contributed by atoms with Crippen LogP contribution in [0.2, 0.25) is 0 Å². The normalized spacial score (nSPS) is 10.3. The largest absolute Gasteiger partial charge is 0.494 e. The first-order valence-electron chi connectivity index (χ1n) is 7.30. The summed E-state index contributed by atoms with van der Waals surface area (Å²) in [4.78, 5) is 15.7. The van der Waals surface area contributed by atoms with Crippen molar-refractivity contribution in [2.75, 3.05) is 13.2 Å². The summed E-state index contributed by atoms with van der Waals surface area (Å²) in [5, 5.41) is 9.27. The summed E-state index contributed by atoms with van der Waals surface area (Å²) in [6.45, 7) is 5.37. The predicted octanol–water partition coefficient (Wildman–Crippen LogP) is 2.34. The van der Waals surface area contributed by atoms with E-state index in [0.717, 1.165) is 17.7 Å². The molecule has 22 heavy (non-hydrogen) atoms. The van der Waals surface area contributed by atoms with Gasteiger partial charge in [0, 0.05) is 12.1 Å². The van der Waals surface area contributed by atoms with Gasteiger partial charge in [-0.15, -0.1) is 0 Å². The van der Waals surface area contributed by atoms with Gasteiger partial charge in [0.2, 0.25) is 11.7 Å². The van der Waals surface area contributed by atoms with E-state index in [9.17, 15) is 4.79 Å². The molecule has 0 atom stereocenters. The van der Waals surface area contributed by atoms with Crippen LogP contribution in [0, 0.1) is 0 Å². The molecule has 2 aromatic rings. The average molecular weight is 304 g/mol. The Morgan fingerprint density at radius 3 is 2.68 bits per heavy atom. The highest BCUT2D eigenvalue weighted by atomic mass is 16.5. The van der Waals surface area contributed by atoms with Gasteiger partial charge >= 0.3 is 6.03 Å². The maximum Gasteiger partial charge on any atom is 0.315 e. The summed E-state index contributed by atoms with van der Waals surface area (Å²) >= 11 is 0. The lowest BCUT2D eigenvalue weighted by atomic mass is 10.2. The van der Waals surface area contributed by atoms with Crippen molar-refractivity contribution in [2.24, 2.45) is 0 Å². The first-order chi connectivity index (χ1) is 10.7. The Hall–Kier alpha value is -2.57. The van der Waals surface area contributed by atoms with Gasteiger partial charge in [-0.3, -0.25) is 0 Å². The Bertz CT molecular complexity index is 595. The predicted molar refractivity (Wildman–Crippen MR) is 81.4 cm³/mol. The molecule has 2 N–H and O–H groups in total. The number of urea groups is 1. The third kappa shape index (κ3) is 4.47. The zero-order valence-electron chi connectivity index (χ0n) is 12.8. The van der Waals surface area contributed by atoms with Gasteiger partial charge in [0.15, 0.2) is 0 Å². The lowest BCUT2D eigenvalue weighted by molar-refractivity contribution is 0.238. The smallest absolute Gasteiger partial charge is 0.315 e. The summed E-state index contributed by atoms with van der Waals surface area (Å²) in [6, 6.07) is 7.18. The number of nitrogens with one attached hydrogen (secondary N) is 2. The fourth-order valence-electron chi connectivity index (χ4n) is 1.77. The van der Waals surface area contributed by atoms with Crippen LogP contribution in [0.25, 0.3) is 11.4 Å². The van der Waals surface area contributed by atoms with Crippen LogP contribution in [0.5, 0.6) is 5.75 Å². The topological polar surface area (TPSA) is 89.3 Å². The first-order valence-corrected chi connectivity index (χ1v) is 7.30. The van der Waals surface area contributed by atoms with Gasteiger partial charge in [0.1, 0.15) is 5.75 Å². The monoisotopic (exact) mass is 304 g/mol. The zero-order chi connectivity index (χ0) is 15.8. The van der Waals surface area contributed by atoms with Gasteiger partial charge in [-0.2, -0.15) is 4.98 Å². The highest BCUT2D eigenvalue weighted by molar-refractivity contribution is 5.73. The molecule has 0 spiro atoms. The lowest BCUT2D eigenvalue weighted by Gasteiger charge is -2.03. The molecular formula is C15H20N4O3. The molecule has 0 aliphatic carbocycles. The molecule has 0 saturated heterocycles. The molecule has 0 fully saturated rings. The van der Waals surface area contributed by atoms with Crippen molar-refractivity contribution in [1.82, 2.24) is 20.8 Å². The van der Waals surface area contributed by atoms with Crippen molar-refractivity contribution in [3.63, 3.8) is 0 Å². The number of amides is 2. The fourth-order valence-corrected chi connectivity index (χ4v) is 1.77. The van der Waals surface area contributed by atoms with Gasteiger partial charge in [0.25, 0.3) is 0 Å². The van der Waals surface area contributed by atoms with Gasteiger partial charge in [-0.1, -0.05) is 12.1 Å². The number of benzene rings is 1. The van der Waals surface area contributed by atoms with Crippen LogP contribution in [-0.2, 0) is 6.54 Å². The van der Waals surface area contributed by atoms with Crippen molar-refractivity contribution in [2.45, 2.75) is 26.8 Å². The molecule has 118 valence electrons. The lowest BCUT2D eigenvalue weighted by Crippen LogP contribution is -2.35. The van der Waals surface area contributed by atoms with Crippen molar-refractivity contribution < 1.29 is 14.1 Å². The number of rotatable bonds is 7. The molecule has 1 aromatic carbocycles. The fraction of sp³-hybridized carbons (Fsp3) is 0.400. The molecule has 0 radical (unpaired) electrons. The number of aromatic nitrogens is 2. The molecule has 2 rings (SSSR count). The van der Waals surface area contributed by atoms with Crippen LogP contribution < -0.4 is 15.4 Å². The van der Waals surface area contributed by atoms with Gasteiger partial charge < -0.3 is 19.9 Å². The Morgan fingerprint density at radius 2 is 2.00 bits per heavy atom. The summed E-state index contributed by atoms with van der Waals surface area (Å²) in [5.41, 5.74) is 0.828. The minimum Gasteiger partial charge on any atom is -0.494 e. The Kier molecular flexibility index (Phi) is 5.76. The second-order valence-electron chi connectivity index (χ2n) is 4.58. The molecule has 0 aliphatic rings. The number of carbonyl (C=O) groups excluding carboxylic acids is 1. The molecule has 0 saturated carbocycles. The van der Waals surface area contributed by atoms with Crippen molar-refractivity contribution in [1.29, 1.82) is 0 Å². The summed E-state index contributed by atoms with van der Waals surface area (Å²) in [7, 11) is 0. The third-order valence-electron chi connectivity index (χ3n) is 2.83. The SMILES string of the molecule is CCCNC(=O)NCc1nc(-c2ccc(OCC)cc2)no1. The van der Waals surface area contributed by atoms with Crippen LogP contribution >= 0.6 is 0 Å². The van der Waals surface area contributed by atoms with Gasteiger partial charge in [-0.05, 0) is 37.6 Å². The zero-order valence-corrected chi connectivity index (χ0v) is 12.8. The van der Waals surface area contributed by atoms with Crippen LogP contribution in [0.1, 0.15) is 26.2 Å². The highest BCUT2D eigenvalue weighted by Crippen LogP contribution is 2.19. The third-order valence-corrected chi connectivity index (χ3v) is 2.83. The van der Waals surface area contributed by atoms with E-state index in [4.69, 9.17) is 9.26 Å². The number of hydrogen-bond donors (Lipinski definition) is 2. The number of carbonyl (C=O) groups is 1. The van der Waals surface area contributed by atoms with Crippen LogP contribution in [0.15, 0.2) is 28.8 Å². The molecule has 1 aromatic heterocycles. The van der Waals surface area contributed by atoms with E-state index in [1.807, 2.05) is 38.1 Å². The highest BCUT2D eigenvalue weighted by Gasteiger charge is 2.09. The van der Waals surface area contributed by atoms with Crippen molar-refractivity contribution in [3.8, 4) is 17.1 Å².